The van der Waals surface area contributed by atoms with Crippen LogP contribution in [0.5, 0.6) is 0 Å². The molecule has 0 aliphatic rings. The summed E-state index contributed by atoms with van der Waals surface area (Å²) in [6.07, 6.45) is -4.46. The number of hydrogen-bond donors (Lipinski definition) is 2. The van der Waals surface area contributed by atoms with Crippen LogP contribution in [0, 0.1) is 13.8 Å². The standard InChI is InChI=1S/C13H12F3N3OS/c1-6-3-4-8(5-9(6)13(14,15)16)19-11(20)10-7(2)18-12(17)21-10/h3-5H,1-2H3,(H2,17,18)(H,19,20). The van der Waals surface area contributed by atoms with Crippen LogP contribution in [0.25, 0.3) is 0 Å². The lowest BCUT2D eigenvalue weighted by Gasteiger charge is -2.12. The highest BCUT2D eigenvalue weighted by atomic mass is 32.1. The van der Waals surface area contributed by atoms with E-state index in [2.05, 4.69) is 10.3 Å². The van der Waals surface area contributed by atoms with Gasteiger partial charge in [-0.3, -0.25) is 4.79 Å². The summed E-state index contributed by atoms with van der Waals surface area (Å²) >= 11 is 0.987. The van der Waals surface area contributed by atoms with Gasteiger partial charge in [0.05, 0.1) is 11.3 Å². The van der Waals surface area contributed by atoms with E-state index in [9.17, 15) is 18.0 Å². The van der Waals surface area contributed by atoms with Crippen LogP contribution in [0.4, 0.5) is 24.0 Å². The summed E-state index contributed by atoms with van der Waals surface area (Å²) in [6.45, 7) is 2.97. The van der Waals surface area contributed by atoms with Crippen molar-refractivity contribution >= 4 is 28.1 Å². The second-order valence-electron chi connectivity index (χ2n) is 4.45. The Morgan fingerprint density at radius 3 is 2.52 bits per heavy atom. The molecule has 0 radical (unpaired) electrons. The number of anilines is 2. The molecule has 4 nitrogen and oxygen atoms in total. The van der Waals surface area contributed by atoms with Gasteiger partial charge in [0.2, 0.25) is 0 Å². The normalized spacial score (nSPS) is 11.5. The van der Waals surface area contributed by atoms with Gasteiger partial charge in [0, 0.05) is 5.69 Å². The van der Waals surface area contributed by atoms with Crippen LogP contribution in [0.2, 0.25) is 0 Å². The molecule has 0 aliphatic heterocycles. The molecule has 1 heterocycles. The molecule has 112 valence electrons. The first kappa shape index (κ1) is 15.3. The Kier molecular flexibility index (Phi) is 3.91. The van der Waals surface area contributed by atoms with E-state index >= 15 is 0 Å². The number of nitrogens with one attached hydrogen (secondary N) is 1. The van der Waals surface area contributed by atoms with Crippen LogP contribution < -0.4 is 11.1 Å². The SMILES string of the molecule is Cc1ccc(NC(=O)c2sc(N)nc2C)cc1C(F)(F)F. The third kappa shape index (κ3) is 3.33. The smallest absolute Gasteiger partial charge is 0.375 e. The molecule has 2 rings (SSSR count). The van der Waals surface area contributed by atoms with Crippen LogP contribution in [-0.4, -0.2) is 10.9 Å². The molecule has 2 aromatic rings. The number of thiazole rings is 1. The van der Waals surface area contributed by atoms with E-state index in [4.69, 9.17) is 5.73 Å². The van der Waals surface area contributed by atoms with E-state index in [1.165, 1.54) is 19.1 Å². The fraction of sp³-hybridized carbons (Fsp3) is 0.231. The van der Waals surface area contributed by atoms with Crippen molar-refractivity contribution in [1.82, 2.24) is 4.98 Å². The maximum absolute atomic E-state index is 12.8. The Balaban J connectivity index is 2.28. The molecule has 0 saturated carbocycles. The van der Waals surface area contributed by atoms with E-state index in [0.717, 1.165) is 17.4 Å². The molecule has 0 unspecified atom stereocenters. The van der Waals surface area contributed by atoms with E-state index in [1.54, 1.807) is 6.92 Å². The molecule has 0 saturated heterocycles. The number of aromatic nitrogens is 1. The lowest BCUT2D eigenvalue weighted by molar-refractivity contribution is -0.138. The number of alkyl halides is 3. The highest BCUT2D eigenvalue weighted by Gasteiger charge is 2.32. The van der Waals surface area contributed by atoms with Crippen LogP contribution in [0.1, 0.15) is 26.5 Å². The number of benzene rings is 1. The highest BCUT2D eigenvalue weighted by molar-refractivity contribution is 7.17. The predicted octanol–water partition coefficient (Wildman–Crippen LogP) is 3.61. The maximum Gasteiger partial charge on any atom is 0.416 e. The number of aryl methyl sites for hydroxylation is 2. The van der Waals surface area contributed by atoms with Crippen molar-refractivity contribution in [3.63, 3.8) is 0 Å². The first-order chi connectivity index (χ1) is 9.68. The summed E-state index contributed by atoms with van der Waals surface area (Å²) < 4.78 is 38.5. The number of nitrogen functional groups attached to an aromatic ring is 1. The van der Waals surface area contributed by atoms with Gasteiger partial charge in [0.25, 0.3) is 5.91 Å². The molecule has 0 fully saturated rings. The largest absolute Gasteiger partial charge is 0.416 e. The van der Waals surface area contributed by atoms with Gasteiger partial charge in [-0.1, -0.05) is 17.4 Å². The highest BCUT2D eigenvalue weighted by Crippen LogP contribution is 2.33. The third-order valence-electron chi connectivity index (χ3n) is 2.82. The second-order valence-corrected chi connectivity index (χ2v) is 5.48. The number of rotatable bonds is 2. The van der Waals surface area contributed by atoms with Gasteiger partial charge in [-0.05, 0) is 31.5 Å². The predicted molar refractivity (Wildman–Crippen MR) is 75.4 cm³/mol. The molecule has 1 aromatic heterocycles. The van der Waals surface area contributed by atoms with Crippen molar-refractivity contribution < 1.29 is 18.0 Å². The molecule has 0 atom stereocenters. The van der Waals surface area contributed by atoms with Gasteiger partial charge in [-0.25, -0.2) is 4.98 Å². The van der Waals surface area contributed by atoms with Crippen LogP contribution in [-0.2, 0) is 6.18 Å². The Hall–Kier alpha value is -2.09. The minimum Gasteiger partial charge on any atom is -0.375 e. The Bertz CT molecular complexity index is 694. The van der Waals surface area contributed by atoms with Crippen molar-refractivity contribution in [2.24, 2.45) is 0 Å². The number of nitrogens with zero attached hydrogens (tertiary/aromatic N) is 1. The summed E-state index contributed by atoms with van der Waals surface area (Å²) in [6, 6.07) is 3.64. The summed E-state index contributed by atoms with van der Waals surface area (Å²) in [4.78, 5) is 16.2. The minimum absolute atomic E-state index is 0.0734. The number of halogens is 3. The van der Waals surface area contributed by atoms with Gasteiger partial charge in [-0.15, -0.1) is 0 Å². The molecule has 0 bridgehead atoms. The van der Waals surface area contributed by atoms with Crippen molar-refractivity contribution in [3.05, 3.63) is 39.9 Å². The molecule has 3 N–H and O–H groups in total. The van der Waals surface area contributed by atoms with Crippen LogP contribution in [0.15, 0.2) is 18.2 Å². The van der Waals surface area contributed by atoms with E-state index in [1.807, 2.05) is 0 Å². The fourth-order valence-electron chi connectivity index (χ4n) is 1.82. The zero-order valence-corrected chi connectivity index (χ0v) is 12.0. The topological polar surface area (TPSA) is 68.0 Å². The lowest BCUT2D eigenvalue weighted by atomic mass is 10.1. The lowest BCUT2D eigenvalue weighted by Crippen LogP contribution is -2.13. The average Bonchev–Trinajstić information content (AvgIpc) is 2.69. The molecular weight excluding hydrogens is 303 g/mol. The minimum atomic E-state index is -4.46. The number of carbonyl (C=O) groups is 1. The number of carbonyl (C=O) groups excluding carboxylic acids is 1. The Labute approximate surface area is 122 Å². The zero-order chi connectivity index (χ0) is 15.8. The monoisotopic (exact) mass is 315 g/mol. The molecule has 8 heteroatoms. The quantitative estimate of drug-likeness (QED) is 0.889. The van der Waals surface area contributed by atoms with Crippen molar-refractivity contribution in [3.8, 4) is 0 Å². The molecule has 0 aliphatic carbocycles. The molecule has 21 heavy (non-hydrogen) atoms. The summed E-state index contributed by atoms with van der Waals surface area (Å²) in [5.74, 6) is -0.529. The fourth-order valence-corrected chi connectivity index (χ4v) is 2.55. The van der Waals surface area contributed by atoms with Crippen molar-refractivity contribution in [1.29, 1.82) is 0 Å². The Morgan fingerprint density at radius 1 is 1.33 bits per heavy atom. The van der Waals surface area contributed by atoms with Crippen LogP contribution >= 0.6 is 11.3 Å². The average molecular weight is 315 g/mol. The van der Waals surface area contributed by atoms with Gasteiger partial charge in [0.15, 0.2) is 5.13 Å². The van der Waals surface area contributed by atoms with E-state index in [0.29, 0.717) is 5.69 Å². The van der Waals surface area contributed by atoms with Gasteiger partial charge >= 0.3 is 6.18 Å². The summed E-state index contributed by atoms with van der Waals surface area (Å²) in [5.41, 5.74) is 5.33. The Morgan fingerprint density at radius 2 is 2.00 bits per heavy atom. The van der Waals surface area contributed by atoms with Crippen LogP contribution in [0.3, 0.4) is 0 Å². The van der Waals surface area contributed by atoms with Gasteiger partial charge in [0.1, 0.15) is 4.88 Å². The third-order valence-corrected chi connectivity index (χ3v) is 3.81. The number of hydrogen-bond acceptors (Lipinski definition) is 4. The number of nitrogens with two attached hydrogens (primary N) is 1. The van der Waals surface area contributed by atoms with E-state index < -0.39 is 17.6 Å². The first-order valence-electron chi connectivity index (χ1n) is 5.90. The summed E-state index contributed by atoms with van der Waals surface area (Å²) in [5, 5.41) is 2.66. The molecule has 1 aromatic carbocycles. The zero-order valence-electron chi connectivity index (χ0n) is 11.2. The van der Waals surface area contributed by atoms with Gasteiger partial charge < -0.3 is 11.1 Å². The van der Waals surface area contributed by atoms with Gasteiger partial charge in [-0.2, -0.15) is 13.2 Å². The maximum atomic E-state index is 12.8. The first-order valence-corrected chi connectivity index (χ1v) is 6.72. The molecule has 1 amide bonds. The van der Waals surface area contributed by atoms with Crippen molar-refractivity contribution in [2.45, 2.75) is 20.0 Å². The second kappa shape index (κ2) is 5.36. The molecule has 0 spiro atoms. The summed E-state index contributed by atoms with van der Waals surface area (Å²) in [7, 11) is 0. The molecular formula is C13H12F3N3OS. The van der Waals surface area contributed by atoms with E-state index in [-0.39, 0.29) is 21.3 Å². The number of amides is 1. The van der Waals surface area contributed by atoms with Crippen molar-refractivity contribution in [2.75, 3.05) is 11.1 Å².